The van der Waals surface area contributed by atoms with Gasteiger partial charge in [0, 0.05) is 24.1 Å². The molecule has 0 saturated heterocycles. The van der Waals surface area contributed by atoms with Crippen molar-refractivity contribution < 1.29 is 18.7 Å². The fourth-order valence-corrected chi connectivity index (χ4v) is 3.34. The van der Waals surface area contributed by atoms with Gasteiger partial charge in [-0.3, -0.25) is 4.79 Å². The molecule has 0 atom stereocenters. The Morgan fingerprint density at radius 2 is 1.82 bits per heavy atom. The zero-order chi connectivity index (χ0) is 23.9. The molecule has 0 unspecified atom stereocenters. The van der Waals surface area contributed by atoms with Crippen LogP contribution in [0.4, 0.5) is 10.1 Å². The van der Waals surface area contributed by atoms with Crippen LogP contribution in [-0.2, 0) is 11.2 Å². The van der Waals surface area contributed by atoms with Gasteiger partial charge in [-0.25, -0.2) is 9.07 Å². The summed E-state index contributed by atoms with van der Waals surface area (Å²) in [5, 5.41) is 7.32. The van der Waals surface area contributed by atoms with Crippen LogP contribution in [0.5, 0.6) is 11.8 Å². The number of ether oxygens (including phenoxy) is 2. The van der Waals surface area contributed by atoms with E-state index in [4.69, 9.17) is 9.47 Å². The summed E-state index contributed by atoms with van der Waals surface area (Å²) in [6.07, 6.45) is 1.06. The first kappa shape index (κ1) is 23.0. The SMILES string of the molecule is CCC(=O)Nc1ccc(-n2nc(OCCc3ccc(OC)cc3)nc2-c2cccc(F)c2)cc1. The van der Waals surface area contributed by atoms with Gasteiger partial charge in [-0.2, -0.15) is 4.98 Å². The Balaban J connectivity index is 1.56. The topological polar surface area (TPSA) is 78.3 Å². The van der Waals surface area contributed by atoms with E-state index in [0.29, 0.717) is 42.2 Å². The first-order valence-corrected chi connectivity index (χ1v) is 10.9. The van der Waals surface area contributed by atoms with Crippen LogP contribution in [0, 0.1) is 5.82 Å². The molecule has 0 saturated carbocycles. The Morgan fingerprint density at radius 3 is 2.50 bits per heavy atom. The van der Waals surface area contributed by atoms with Crippen molar-refractivity contribution >= 4 is 11.6 Å². The van der Waals surface area contributed by atoms with Gasteiger partial charge in [0.25, 0.3) is 0 Å². The highest BCUT2D eigenvalue weighted by molar-refractivity contribution is 5.90. The standard InChI is InChI=1S/C26H25FN4O3/c1-3-24(32)28-21-9-11-22(12-10-21)31-25(19-5-4-6-20(27)17-19)29-26(30-31)34-16-15-18-7-13-23(33-2)14-8-18/h4-14,17H,3,15-16H2,1-2H3,(H,28,32). The summed E-state index contributed by atoms with van der Waals surface area (Å²) in [7, 11) is 1.63. The van der Waals surface area contributed by atoms with Gasteiger partial charge in [0.15, 0.2) is 5.82 Å². The Kier molecular flexibility index (Phi) is 7.17. The molecule has 1 aromatic heterocycles. The molecule has 0 aliphatic heterocycles. The minimum absolute atomic E-state index is 0.0681. The lowest BCUT2D eigenvalue weighted by Crippen LogP contribution is -2.09. The lowest BCUT2D eigenvalue weighted by molar-refractivity contribution is -0.115. The fourth-order valence-electron chi connectivity index (χ4n) is 3.34. The molecule has 0 bridgehead atoms. The molecule has 3 aromatic carbocycles. The zero-order valence-electron chi connectivity index (χ0n) is 19.0. The predicted octanol–water partition coefficient (Wildman–Crippen LogP) is 5.05. The van der Waals surface area contributed by atoms with Crippen molar-refractivity contribution in [3.63, 3.8) is 0 Å². The van der Waals surface area contributed by atoms with Crippen molar-refractivity contribution in [2.75, 3.05) is 19.0 Å². The molecule has 0 aliphatic rings. The normalized spacial score (nSPS) is 10.7. The van der Waals surface area contributed by atoms with Crippen molar-refractivity contribution in [2.45, 2.75) is 19.8 Å². The summed E-state index contributed by atoms with van der Waals surface area (Å²) in [6.45, 7) is 2.17. The van der Waals surface area contributed by atoms with E-state index in [1.165, 1.54) is 12.1 Å². The van der Waals surface area contributed by atoms with Gasteiger partial charge in [-0.1, -0.05) is 31.2 Å². The van der Waals surface area contributed by atoms with E-state index < -0.39 is 0 Å². The summed E-state index contributed by atoms with van der Waals surface area (Å²) in [6, 6.07) is 21.3. The number of benzene rings is 3. The van der Waals surface area contributed by atoms with Crippen molar-refractivity contribution in [1.29, 1.82) is 0 Å². The molecule has 8 heteroatoms. The number of halogens is 1. The van der Waals surface area contributed by atoms with Crippen LogP contribution in [0.2, 0.25) is 0 Å². The van der Waals surface area contributed by atoms with E-state index >= 15 is 0 Å². The summed E-state index contributed by atoms with van der Waals surface area (Å²) < 4.78 is 26.5. The Hall–Kier alpha value is -4.20. The number of methoxy groups -OCH3 is 1. The van der Waals surface area contributed by atoms with Crippen LogP contribution in [0.3, 0.4) is 0 Å². The van der Waals surface area contributed by atoms with Crippen molar-refractivity contribution in [3.05, 3.63) is 84.2 Å². The van der Waals surface area contributed by atoms with Gasteiger partial charge < -0.3 is 14.8 Å². The van der Waals surface area contributed by atoms with E-state index in [9.17, 15) is 9.18 Å². The van der Waals surface area contributed by atoms with E-state index in [0.717, 1.165) is 11.3 Å². The average molecular weight is 461 g/mol. The van der Waals surface area contributed by atoms with E-state index in [1.54, 1.807) is 43.0 Å². The summed E-state index contributed by atoms with van der Waals surface area (Å²) in [5.41, 5.74) is 3.04. The number of rotatable bonds is 9. The third kappa shape index (κ3) is 5.58. The lowest BCUT2D eigenvalue weighted by atomic mass is 10.1. The van der Waals surface area contributed by atoms with Crippen molar-refractivity contribution in [3.8, 4) is 28.8 Å². The number of hydrogen-bond acceptors (Lipinski definition) is 5. The molecular weight excluding hydrogens is 435 g/mol. The summed E-state index contributed by atoms with van der Waals surface area (Å²) >= 11 is 0. The van der Waals surface area contributed by atoms with Crippen molar-refractivity contribution in [1.82, 2.24) is 14.8 Å². The van der Waals surface area contributed by atoms with E-state index in [1.807, 2.05) is 36.4 Å². The van der Waals surface area contributed by atoms with Gasteiger partial charge in [-0.15, -0.1) is 5.10 Å². The second-order valence-corrected chi connectivity index (χ2v) is 7.54. The minimum atomic E-state index is -0.369. The molecule has 0 radical (unpaired) electrons. The molecule has 4 aromatic rings. The summed E-state index contributed by atoms with van der Waals surface area (Å²) in [4.78, 5) is 16.2. The van der Waals surface area contributed by atoms with Crippen LogP contribution in [0.1, 0.15) is 18.9 Å². The number of nitrogens with zero attached hydrogens (tertiary/aromatic N) is 3. The van der Waals surface area contributed by atoms with Crippen LogP contribution < -0.4 is 14.8 Å². The molecular formula is C26H25FN4O3. The maximum absolute atomic E-state index is 13.9. The highest BCUT2D eigenvalue weighted by Crippen LogP contribution is 2.25. The second-order valence-electron chi connectivity index (χ2n) is 7.54. The number of carbonyl (C=O) groups is 1. The minimum Gasteiger partial charge on any atom is -0.497 e. The van der Waals surface area contributed by atoms with Gasteiger partial charge in [-0.05, 0) is 54.1 Å². The molecule has 0 fully saturated rings. The van der Waals surface area contributed by atoms with Crippen molar-refractivity contribution in [2.24, 2.45) is 0 Å². The number of carbonyl (C=O) groups excluding carboxylic acids is 1. The smallest absolute Gasteiger partial charge is 0.336 e. The summed E-state index contributed by atoms with van der Waals surface area (Å²) in [5.74, 6) is 0.808. The van der Waals surface area contributed by atoms with Crippen LogP contribution in [0.25, 0.3) is 17.1 Å². The highest BCUT2D eigenvalue weighted by atomic mass is 19.1. The molecule has 0 aliphatic carbocycles. The fraction of sp³-hybridized carbons (Fsp3) is 0.192. The number of nitrogens with one attached hydrogen (secondary N) is 1. The Morgan fingerprint density at radius 1 is 1.06 bits per heavy atom. The first-order valence-electron chi connectivity index (χ1n) is 10.9. The molecule has 1 heterocycles. The third-order valence-corrected chi connectivity index (χ3v) is 5.17. The number of anilines is 1. The molecule has 174 valence electrons. The van der Waals surface area contributed by atoms with Gasteiger partial charge in [0.2, 0.25) is 5.91 Å². The predicted molar refractivity (Wildman–Crippen MR) is 128 cm³/mol. The van der Waals surface area contributed by atoms with Crippen LogP contribution >= 0.6 is 0 Å². The maximum atomic E-state index is 13.9. The maximum Gasteiger partial charge on any atom is 0.336 e. The molecule has 0 spiro atoms. The van der Waals surface area contributed by atoms with E-state index in [2.05, 4.69) is 15.4 Å². The van der Waals surface area contributed by atoms with E-state index in [-0.39, 0.29) is 17.7 Å². The number of amides is 1. The Labute approximate surface area is 197 Å². The molecule has 34 heavy (non-hydrogen) atoms. The molecule has 7 nitrogen and oxygen atoms in total. The quantitative estimate of drug-likeness (QED) is 0.378. The number of hydrogen-bond donors (Lipinski definition) is 1. The van der Waals surface area contributed by atoms with Gasteiger partial charge >= 0.3 is 6.01 Å². The molecule has 1 N–H and O–H groups in total. The zero-order valence-corrected chi connectivity index (χ0v) is 19.0. The number of aromatic nitrogens is 3. The first-order chi connectivity index (χ1) is 16.6. The third-order valence-electron chi connectivity index (χ3n) is 5.17. The Bertz CT molecular complexity index is 1250. The lowest BCUT2D eigenvalue weighted by Gasteiger charge is -2.08. The largest absolute Gasteiger partial charge is 0.497 e. The molecule has 1 amide bonds. The monoisotopic (exact) mass is 460 g/mol. The highest BCUT2D eigenvalue weighted by Gasteiger charge is 2.16. The average Bonchev–Trinajstić information content (AvgIpc) is 3.29. The van der Waals surface area contributed by atoms with Crippen LogP contribution in [-0.4, -0.2) is 34.4 Å². The van der Waals surface area contributed by atoms with Gasteiger partial charge in [0.1, 0.15) is 11.6 Å². The van der Waals surface area contributed by atoms with Gasteiger partial charge in [0.05, 0.1) is 19.4 Å². The molecule has 4 rings (SSSR count). The second kappa shape index (κ2) is 10.6. The van der Waals surface area contributed by atoms with Crippen LogP contribution in [0.15, 0.2) is 72.8 Å².